The van der Waals surface area contributed by atoms with Gasteiger partial charge in [-0.05, 0) is 66.9 Å². The number of nitrogens with one attached hydrogen (secondary N) is 2. The lowest BCUT2D eigenvalue weighted by Gasteiger charge is -2.13. The lowest BCUT2D eigenvalue weighted by molar-refractivity contribution is -0.137. The summed E-state index contributed by atoms with van der Waals surface area (Å²) in [6, 6.07) is 15.2. The number of hydrogen-bond donors (Lipinski definition) is 2. The molecule has 0 aromatic heterocycles. The molecule has 3 aromatic rings. The van der Waals surface area contributed by atoms with Gasteiger partial charge >= 0.3 is 18.0 Å². The van der Waals surface area contributed by atoms with Crippen LogP contribution in [0.15, 0.2) is 65.8 Å². The second kappa shape index (κ2) is 12.3. The van der Waals surface area contributed by atoms with Gasteiger partial charge in [-0.25, -0.2) is 5.43 Å². The Morgan fingerprint density at radius 1 is 1.00 bits per heavy atom. The molecule has 37 heavy (non-hydrogen) atoms. The number of anilines is 1. The van der Waals surface area contributed by atoms with Crippen molar-refractivity contribution >= 4 is 35.3 Å². The van der Waals surface area contributed by atoms with Crippen molar-refractivity contribution in [3.63, 3.8) is 0 Å². The van der Waals surface area contributed by atoms with Gasteiger partial charge in [-0.15, -0.1) is 0 Å². The van der Waals surface area contributed by atoms with Crippen LogP contribution in [0.25, 0.3) is 0 Å². The van der Waals surface area contributed by atoms with Gasteiger partial charge in [0.1, 0.15) is 6.61 Å². The highest BCUT2D eigenvalue weighted by Gasteiger charge is 2.31. The Hall–Kier alpha value is -4.05. The number of aryl methyl sites for hydroxylation is 1. The SMILES string of the molecule is CCOc1cc(/C=N/NC(=O)C(=O)Nc2cc(C(F)(F)F)ccc2Cl)ccc1OCc1ccccc1C. The summed E-state index contributed by atoms with van der Waals surface area (Å²) in [7, 11) is 0. The Morgan fingerprint density at radius 3 is 2.46 bits per heavy atom. The number of carbonyl (C=O) groups excluding carboxylic acids is 2. The lowest BCUT2D eigenvalue weighted by atomic mass is 10.1. The summed E-state index contributed by atoms with van der Waals surface area (Å²) in [5, 5.41) is 5.61. The Morgan fingerprint density at radius 2 is 1.76 bits per heavy atom. The Labute approximate surface area is 216 Å². The van der Waals surface area contributed by atoms with Crippen LogP contribution in [-0.4, -0.2) is 24.6 Å². The predicted octanol–water partition coefficient (Wildman–Crippen LogP) is 5.73. The number of halogens is 4. The zero-order valence-corrected chi connectivity index (χ0v) is 20.6. The average Bonchev–Trinajstić information content (AvgIpc) is 2.85. The summed E-state index contributed by atoms with van der Waals surface area (Å²) in [6.45, 7) is 4.55. The summed E-state index contributed by atoms with van der Waals surface area (Å²) in [4.78, 5) is 24.1. The monoisotopic (exact) mass is 533 g/mol. The fraction of sp³-hybridized carbons (Fsp3) is 0.192. The van der Waals surface area contributed by atoms with E-state index in [0.29, 0.717) is 36.3 Å². The molecule has 0 radical (unpaired) electrons. The van der Waals surface area contributed by atoms with E-state index < -0.39 is 23.6 Å². The van der Waals surface area contributed by atoms with Crippen LogP contribution in [0.2, 0.25) is 5.02 Å². The van der Waals surface area contributed by atoms with Crippen LogP contribution in [0, 0.1) is 6.92 Å². The first-order chi connectivity index (χ1) is 17.6. The summed E-state index contributed by atoms with van der Waals surface area (Å²) in [5.41, 5.74) is 3.29. The van der Waals surface area contributed by atoms with E-state index in [1.54, 1.807) is 18.2 Å². The first kappa shape index (κ1) is 27.5. The average molecular weight is 534 g/mol. The number of benzene rings is 3. The van der Waals surface area contributed by atoms with E-state index >= 15 is 0 Å². The van der Waals surface area contributed by atoms with Crippen molar-refractivity contribution in [2.75, 3.05) is 11.9 Å². The lowest BCUT2D eigenvalue weighted by Crippen LogP contribution is -2.32. The minimum Gasteiger partial charge on any atom is -0.490 e. The zero-order chi connectivity index (χ0) is 27.0. The molecule has 0 aliphatic rings. The number of ether oxygens (including phenoxy) is 2. The Kier molecular flexibility index (Phi) is 9.13. The smallest absolute Gasteiger partial charge is 0.416 e. The summed E-state index contributed by atoms with van der Waals surface area (Å²) < 4.78 is 50.2. The van der Waals surface area contributed by atoms with E-state index in [4.69, 9.17) is 21.1 Å². The number of hydrazone groups is 1. The highest BCUT2D eigenvalue weighted by Crippen LogP contribution is 2.34. The number of hydrogen-bond acceptors (Lipinski definition) is 5. The molecule has 2 N–H and O–H groups in total. The topological polar surface area (TPSA) is 89.0 Å². The third-order valence-corrected chi connectivity index (χ3v) is 5.37. The van der Waals surface area contributed by atoms with Crippen LogP contribution in [-0.2, 0) is 22.4 Å². The molecule has 0 atom stereocenters. The van der Waals surface area contributed by atoms with Crippen LogP contribution in [0.4, 0.5) is 18.9 Å². The number of carbonyl (C=O) groups is 2. The number of rotatable bonds is 8. The van der Waals surface area contributed by atoms with Gasteiger partial charge in [0, 0.05) is 0 Å². The van der Waals surface area contributed by atoms with Crippen LogP contribution in [0.3, 0.4) is 0 Å². The minimum absolute atomic E-state index is 0.161. The first-order valence-corrected chi connectivity index (χ1v) is 11.4. The van der Waals surface area contributed by atoms with Gasteiger partial charge in [0.15, 0.2) is 11.5 Å². The molecule has 2 amide bonds. The van der Waals surface area contributed by atoms with E-state index in [0.717, 1.165) is 23.3 Å². The van der Waals surface area contributed by atoms with Crippen LogP contribution in [0.1, 0.15) is 29.2 Å². The third kappa shape index (κ3) is 7.71. The molecule has 0 fully saturated rings. The highest BCUT2D eigenvalue weighted by molar-refractivity contribution is 6.41. The molecule has 0 aliphatic carbocycles. The van der Waals surface area contributed by atoms with E-state index in [9.17, 15) is 22.8 Å². The summed E-state index contributed by atoms with van der Waals surface area (Å²) in [6.07, 6.45) is -3.37. The number of alkyl halides is 3. The first-order valence-electron chi connectivity index (χ1n) is 11.0. The quantitative estimate of drug-likeness (QED) is 0.220. The van der Waals surface area contributed by atoms with Crippen molar-refractivity contribution in [3.8, 4) is 11.5 Å². The van der Waals surface area contributed by atoms with Crippen molar-refractivity contribution in [1.29, 1.82) is 0 Å². The Bertz CT molecular complexity index is 1310. The second-order valence-electron chi connectivity index (χ2n) is 7.70. The molecule has 11 heteroatoms. The van der Waals surface area contributed by atoms with E-state index in [-0.39, 0.29) is 10.7 Å². The molecular weight excluding hydrogens is 511 g/mol. The van der Waals surface area contributed by atoms with Crippen LogP contribution < -0.4 is 20.2 Å². The van der Waals surface area contributed by atoms with Crippen molar-refractivity contribution in [1.82, 2.24) is 5.43 Å². The molecule has 0 saturated carbocycles. The molecule has 3 rings (SSSR count). The third-order valence-electron chi connectivity index (χ3n) is 5.04. The molecule has 0 aliphatic heterocycles. The molecule has 7 nitrogen and oxygen atoms in total. The standard InChI is InChI=1S/C26H23ClF3N3O4/c1-3-36-23-12-17(8-11-22(23)37-15-18-7-5-4-6-16(18)2)14-31-33-25(35)24(34)32-21-13-19(26(28,29)30)9-10-20(21)27/h4-14H,3,15H2,1-2H3,(H,32,34)(H,33,35)/b31-14+. The zero-order valence-electron chi connectivity index (χ0n) is 19.9. The van der Waals surface area contributed by atoms with Gasteiger partial charge in [-0.2, -0.15) is 18.3 Å². The molecule has 0 unspecified atom stereocenters. The van der Waals surface area contributed by atoms with Crippen molar-refractivity contribution in [2.45, 2.75) is 26.6 Å². The van der Waals surface area contributed by atoms with Gasteiger partial charge < -0.3 is 14.8 Å². The molecule has 0 heterocycles. The molecule has 0 spiro atoms. The van der Waals surface area contributed by atoms with E-state index in [2.05, 4.69) is 5.10 Å². The Balaban J connectivity index is 1.63. The fourth-order valence-electron chi connectivity index (χ4n) is 3.11. The van der Waals surface area contributed by atoms with Crippen molar-refractivity contribution in [2.24, 2.45) is 5.10 Å². The predicted molar refractivity (Wildman–Crippen MR) is 134 cm³/mol. The van der Waals surface area contributed by atoms with Gasteiger partial charge in [-0.3, -0.25) is 9.59 Å². The summed E-state index contributed by atoms with van der Waals surface area (Å²) in [5.74, 6) is -1.46. The summed E-state index contributed by atoms with van der Waals surface area (Å²) >= 11 is 5.83. The van der Waals surface area contributed by atoms with Gasteiger partial charge in [0.2, 0.25) is 0 Å². The fourth-order valence-corrected chi connectivity index (χ4v) is 3.28. The molecule has 3 aromatic carbocycles. The molecule has 0 bridgehead atoms. The maximum Gasteiger partial charge on any atom is 0.416 e. The van der Waals surface area contributed by atoms with E-state index in [1.165, 1.54) is 6.21 Å². The normalized spacial score (nSPS) is 11.3. The van der Waals surface area contributed by atoms with Crippen molar-refractivity contribution < 1.29 is 32.2 Å². The van der Waals surface area contributed by atoms with Crippen LogP contribution in [0.5, 0.6) is 11.5 Å². The second-order valence-corrected chi connectivity index (χ2v) is 8.11. The maximum atomic E-state index is 12.9. The van der Waals surface area contributed by atoms with E-state index in [1.807, 2.05) is 48.9 Å². The highest BCUT2D eigenvalue weighted by atomic mass is 35.5. The minimum atomic E-state index is -4.64. The molecular formula is C26H23ClF3N3O4. The largest absolute Gasteiger partial charge is 0.490 e. The number of nitrogens with zero attached hydrogens (tertiary/aromatic N) is 1. The molecule has 194 valence electrons. The van der Waals surface area contributed by atoms with Gasteiger partial charge in [-0.1, -0.05) is 35.9 Å². The van der Waals surface area contributed by atoms with Crippen molar-refractivity contribution in [3.05, 3.63) is 87.9 Å². The molecule has 0 saturated heterocycles. The van der Waals surface area contributed by atoms with Gasteiger partial charge in [0.25, 0.3) is 0 Å². The maximum absolute atomic E-state index is 12.9. The van der Waals surface area contributed by atoms with Gasteiger partial charge in [0.05, 0.1) is 29.1 Å². The number of amides is 2. The van der Waals surface area contributed by atoms with Crippen LogP contribution >= 0.6 is 11.6 Å².